The van der Waals surface area contributed by atoms with Crippen molar-refractivity contribution in [2.75, 3.05) is 40.4 Å². The molecule has 1 amide bonds. The Bertz CT molecular complexity index is 1050. The van der Waals surface area contributed by atoms with Crippen LogP contribution in [0.4, 0.5) is 0 Å². The Morgan fingerprint density at radius 1 is 1.00 bits per heavy atom. The molecule has 0 spiro atoms. The molecule has 7 heteroatoms. The maximum Gasteiger partial charge on any atom is 0.295 e. The van der Waals surface area contributed by atoms with Crippen LogP contribution in [0.5, 0.6) is 11.5 Å². The molecule has 0 radical (unpaired) electrons. The van der Waals surface area contributed by atoms with Gasteiger partial charge in [-0.2, -0.15) is 0 Å². The minimum atomic E-state index is -0.683. The average molecular weight is 481 g/mol. The molecular weight excluding hydrogens is 444 g/mol. The Morgan fingerprint density at radius 3 is 2.40 bits per heavy atom. The van der Waals surface area contributed by atoms with Gasteiger partial charge in [-0.15, -0.1) is 0 Å². The summed E-state index contributed by atoms with van der Waals surface area (Å²) in [5.41, 5.74) is 1.28. The fraction of sp³-hybridized carbons (Fsp3) is 0.429. The molecule has 1 atom stereocenters. The van der Waals surface area contributed by atoms with Crippen molar-refractivity contribution in [2.24, 2.45) is 0 Å². The topological polar surface area (TPSA) is 79.3 Å². The molecule has 2 aromatic carbocycles. The van der Waals surface area contributed by atoms with E-state index in [4.69, 9.17) is 9.47 Å². The first kappa shape index (κ1) is 26.3. The van der Waals surface area contributed by atoms with Gasteiger partial charge >= 0.3 is 0 Å². The lowest BCUT2D eigenvalue weighted by Crippen LogP contribution is -2.32. The van der Waals surface area contributed by atoms with Crippen molar-refractivity contribution >= 4 is 17.4 Å². The number of benzene rings is 2. The fourth-order valence-corrected chi connectivity index (χ4v) is 4.15. The molecule has 1 N–H and O–H groups in total. The summed E-state index contributed by atoms with van der Waals surface area (Å²) in [5.74, 6) is -0.159. The average Bonchev–Trinajstić information content (AvgIpc) is 3.09. The summed E-state index contributed by atoms with van der Waals surface area (Å²) in [4.78, 5) is 29.9. The number of Topliss-reactive ketones (excluding diaryl/α,β-unsaturated/α-hetero) is 1. The Labute approximate surface area is 207 Å². The Kier molecular flexibility index (Phi) is 9.32. The van der Waals surface area contributed by atoms with Crippen LogP contribution in [0.15, 0.2) is 54.1 Å². The summed E-state index contributed by atoms with van der Waals surface area (Å²) in [6.07, 6.45) is 2.72. The van der Waals surface area contributed by atoms with Crippen molar-refractivity contribution < 1.29 is 24.2 Å². The van der Waals surface area contributed by atoms with Gasteiger partial charge in [0, 0.05) is 12.1 Å². The highest BCUT2D eigenvalue weighted by molar-refractivity contribution is 6.46. The van der Waals surface area contributed by atoms with Gasteiger partial charge in [-0.1, -0.05) is 37.6 Å². The van der Waals surface area contributed by atoms with Gasteiger partial charge < -0.3 is 24.4 Å². The Balaban J connectivity index is 2.01. The fourth-order valence-electron chi connectivity index (χ4n) is 4.15. The van der Waals surface area contributed by atoms with E-state index in [-0.39, 0.29) is 11.3 Å². The number of hydrogen-bond donors (Lipinski definition) is 1. The van der Waals surface area contributed by atoms with E-state index >= 15 is 0 Å². The first-order valence-corrected chi connectivity index (χ1v) is 12.3. The molecule has 3 rings (SSSR count). The third kappa shape index (κ3) is 6.42. The molecular formula is C28H36N2O5. The quantitative estimate of drug-likeness (QED) is 0.206. The number of rotatable bonds is 12. The minimum Gasteiger partial charge on any atom is -0.507 e. The van der Waals surface area contributed by atoms with Crippen molar-refractivity contribution in [1.82, 2.24) is 9.80 Å². The summed E-state index contributed by atoms with van der Waals surface area (Å²) in [5, 5.41) is 11.3. The molecule has 0 aromatic heterocycles. The number of hydrogen-bond acceptors (Lipinski definition) is 6. The van der Waals surface area contributed by atoms with E-state index in [0.717, 1.165) is 30.7 Å². The van der Waals surface area contributed by atoms with Crippen LogP contribution in [0.1, 0.15) is 50.3 Å². The number of amides is 1. The van der Waals surface area contributed by atoms with Crippen molar-refractivity contribution in [2.45, 2.75) is 39.2 Å². The van der Waals surface area contributed by atoms with Crippen LogP contribution < -0.4 is 9.47 Å². The third-order valence-corrected chi connectivity index (χ3v) is 5.93. The standard InChI is InChI=1S/C28H36N2O5/c1-5-7-18-35-22-14-12-20(13-15-22)25-24(26(31)21-10-8-11-23(19-21)34-6-2)27(32)28(33)30(25)17-9-16-29(3)4/h8,10-15,19,25,31H,5-7,9,16-18H2,1-4H3/b26-24+. The van der Waals surface area contributed by atoms with Crippen LogP contribution in [0.3, 0.4) is 0 Å². The molecule has 1 fully saturated rings. The van der Waals surface area contributed by atoms with Gasteiger partial charge in [0.2, 0.25) is 0 Å². The van der Waals surface area contributed by atoms with Crippen LogP contribution >= 0.6 is 0 Å². The molecule has 7 nitrogen and oxygen atoms in total. The number of nitrogens with zero attached hydrogens (tertiary/aromatic N) is 2. The molecule has 35 heavy (non-hydrogen) atoms. The van der Waals surface area contributed by atoms with E-state index in [9.17, 15) is 14.7 Å². The predicted molar refractivity (Wildman–Crippen MR) is 137 cm³/mol. The maximum absolute atomic E-state index is 13.2. The largest absolute Gasteiger partial charge is 0.507 e. The summed E-state index contributed by atoms with van der Waals surface area (Å²) in [7, 11) is 3.93. The van der Waals surface area contributed by atoms with E-state index in [2.05, 4.69) is 6.92 Å². The molecule has 1 aliphatic heterocycles. The van der Waals surface area contributed by atoms with Crippen molar-refractivity contribution in [3.05, 3.63) is 65.2 Å². The monoisotopic (exact) mass is 480 g/mol. The number of ether oxygens (including phenoxy) is 2. The number of aliphatic hydroxyl groups is 1. The van der Waals surface area contributed by atoms with E-state index in [0.29, 0.717) is 37.5 Å². The van der Waals surface area contributed by atoms with Gasteiger partial charge in [-0.05, 0) is 70.2 Å². The molecule has 188 valence electrons. The number of ketones is 1. The number of likely N-dealkylation sites (tertiary alicyclic amines) is 1. The van der Waals surface area contributed by atoms with Crippen LogP contribution in [0.25, 0.3) is 5.76 Å². The smallest absolute Gasteiger partial charge is 0.295 e. The van der Waals surface area contributed by atoms with Gasteiger partial charge in [-0.25, -0.2) is 0 Å². The number of carbonyl (C=O) groups excluding carboxylic acids is 2. The number of unbranched alkanes of at least 4 members (excludes halogenated alkanes) is 1. The lowest BCUT2D eigenvalue weighted by Gasteiger charge is -2.26. The van der Waals surface area contributed by atoms with Gasteiger partial charge in [0.15, 0.2) is 0 Å². The zero-order valence-electron chi connectivity index (χ0n) is 21.1. The normalized spacial score (nSPS) is 17.3. The van der Waals surface area contributed by atoms with Crippen molar-refractivity contribution in [3.8, 4) is 11.5 Å². The molecule has 0 saturated carbocycles. The molecule has 1 heterocycles. The van der Waals surface area contributed by atoms with E-state index in [1.807, 2.05) is 50.2 Å². The van der Waals surface area contributed by atoms with Crippen molar-refractivity contribution in [1.29, 1.82) is 0 Å². The SMILES string of the molecule is CCCCOc1ccc(C2/C(=C(\O)c3cccc(OCC)c3)C(=O)C(=O)N2CCCN(C)C)cc1. The molecule has 1 unspecified atom stereocenters. The second-order valence-electron chi connectivity index (χ2n) is 8.88. The van der Waals surface area contributed by atoms with Crippen LogP contribution in [0.2, 0.25) is 0 Å². The second-order valence-corrected chi connectivity index (χ2v) is 8.88. The molecule has 0 aliphatic carbocycles. The first-order chi connectivity index (χ1) is 16.9. The van der Waals surface area contributed by atoms with Gasteiger partial charge in [0.1, 0.15) is 17.3 Å². The van der Waals surface area contributed by atoms with E-state index < -0.39 is 17.7 Å². The summed E-state index contributed by atoms with van der Waals surface area (Å²) < 4.78 is 11.3. The predicted octanol–water partition coefficient (Wildman–Crippen LogP) is 4.64. The van der Waals surface area contributed by atoms with E-state index in [1.165, 1.54) is 0 Å². The van der Waals surface area contributed by atoms with Gasteiger partial charge in [0.05, 0.1) is 24.8 Å². The van der Waals surface area contributed by atoms with E-state index in [1.54, 1.807) is 29.2 Å². The summed E-state index contributed by atoms with van der Waals surface area (Å²) in [6.45, 7) is 6.27. The zero-order chi connectivity index (χ0) is 25.4. The highest BCUT2D eigenvalue weighted by atomic mass is 16.5. The number of aliphatic hydroxyl groups excluding tert-OH is 1. The first-order valence-electron chi connectivity index (χ1n) is 12.3. The van der Waals surface area contributed by atoms with Crippen LogP contribution in [-0.4, -0.2) is 67.0 Å². The number of carbonyl (C=O) groups is 2. The van der Waals surface area contributed by atoms with Gasteiger partial charge in [-0.3, -0.25) is 9.59 Å². The highest BCUT2D eigenvalue weighted by Gasteiger charge is 2.45. The molecule has 1 saturated heterocycles. The lowest BCUT2D eigenvalue weighted by atomic mass is 9.95. The molecule has 1 aliphatic rings. The summed E-state index contributed by atoms with van der Waals surface area (Å²) >= 11 is 0. The minimum absolute atomic E-state index is 0.0909. The summed E-state index contributed by atoms with van der Waals surface area (Å²) in [6, 6.07) is 13.7. The highest BCUT2D eigenvalue weighted by Crippen LogP contribution is 2.40. The zero-order valence-corrected chi connectivity index (χ0v) is 21.1. The van der Waals surface area contributed by atoms with Crippen LogP contribution in [-0.2, 0) is 9.59 Å². The Morgan fingerprint density at radius 2 is 1.74 bits per heavy atom. The Hall–Kier alpha value is -3.32. The maximum atomic E-state index is 13.2. The second kappa shape index (κ2) is 12.4. The third-order valence-electron chi connectivity index (χ3n) is 5.93. The van der Waals surface area contributed by atoms with Gasteiger partial charge in [0.25, 0.3) is 11.7 Å². The lowest BCUT2D eigenvalue weighted by molar-refractivity contribution is -0.139. The van der Waals surface area contributed by atoms with Crippen molar-refractivity contribution in [3.63, 3.8) is 0 Å². The molecule has 0 bridgehead atoms. The van der Waals surface area contributed by atoms with Crippen LogP contribution in [0, 0.1) is 0 Å². The molecule has 2 aromatic rings.